The molecule has 1 amide bonds. The topological polar surface area (TPSA) is 32.3 Å². The Labute approximate surface area is 143 Å². The Bertz CT molecular complexity index is 643. The minimum Gasteiger partial charge on any atom is -0.384 e. The van der Waals surface area contributed by atoms with Crippen molar-refractivity contribution in [1.82, 2.24) is 4.90 Å². The summed E-state index contributed by atoms with van der Waals surface area (Å²) in [5.41, 5.74) is 3.26. The van der Waals surface area contributed by atoms with E-state index in [-0.39, 0.29) is 5.91 Å². The van der Waals surface area contributed by atoms with E-state index < -0.39 is 0 Å². The van der Waals surface area contributed by atoms with Crippen LogP contribution in [0.3, 0.4) is 0 Å². The smallest absolute Gasteiger partial charge is 0.224 e. The van der Waals surface area contributed by atoms with Gasteiger partial charge in [-0.15, -0.1) is 0 Å². The number of halogens is 1. The highest BCUT2D eigenvalue weighted by molar-refractivity contribution is 6.30. The highest BCUT2D eigenvalue weighted by Gasteiger charge is 2.11. The minimum absolute atomic E-state index is 0.156. The van der Waals surface area contributed by atoms with E-state index in [0.717, 1.165) is 16.8 Å². The van der Waals surface area contributed by atoms with Gasteiger partial charge in [-0.05, 0) is 37.1 Å². The van der Waals surface area contributed by atoms with Gasteiger partial charge < -0.3 is 10.2 Å². The molecule has 0 saturated heterocycles. The van der Waals surface area contributed by atoms with Gasteiger partial charge in [0, 0.05) is 36.8 Å². The molecule has 0 aliphatic rings. The Kier molecular flexibility index (Phi) is 6.48. The van der Waals surface area contributed by atoms with E-state index >= 15 is 0 Å². The minimum atomic E-state index is 0.156. The number of carbonyl (C=O) groups excluding carboxylic acids is 1. The van der Waals surface area contributed by atoms with E-state index in [4.69, 9.17) is 11.6 Å². The lowest BCUT2D eigenvalue weighted by Gasteiger charge is -2.21. The normalized spacial score (nSPS) is 10.4. The van der Waals surface area contributed by atoms with Crippen molar-refractivity contribution in [2.24, 2.45) is 0 Å². The summed E-state index contributed by atoms with van der Waals surface area (Å²) >= 11 is 6.01. The third-order valence-corrected chi connectivity index (χ3v) is 4.04. The lowest BCUT2D eigenvalue weighted by atomic mass is 10.2. The Morgan fingerprint density at radius 3 is 2.61 bits per heavy atom. The van der Waals surface area contributed by atoms with Crippen molar-refractivity contribution in [3.05, 3.63) is 64.7 Å². The number of aryl methyl sites for hydroxylation is 1. The van der Waals surface area contributed by atoms with Gasteiger partial charge in [0.2, 0.25) is 5.91 Å². The van der Waals surface area contributed by atoms with Gasteiger partial charge in [-0.25, -0.2) is 0 Å². The molecule has 0 aromatic heterocycles. The van der Waals surface area contributed by atoms with Crippen molar-refractivity contribution in [1.29, 1.82) is 0 Å². The van der Waals surface area contributed by atoms with Gasteiger partial charge in [0.15, 0.2) is 0 Å². The second-order valence-electron chi connectivity index (χ2n) is 5.53. The van der Waals surface area contributed by atoms with Crippen LogP contribution in [0, 0.1) is 6.92 Å². The summed E-state index contributed by atoms with van der Waals surface area (Å²) in [6.07, 6.45) is 0.465. The molecule has 0 unspecified atom stereocenters. The molecule has 0 heterocycles. The fourth-order valence-corrected chi connectivity index (χ4v) is 2.60. The number of rotatable bonds is 7. The molecule has 0 fully saturated rings. The maximum Gasteiger partial charge on any atom is 0.224 e. The monoisotopic (exact) mass is 330 g/mol. The number of hydrogen-bond acceptors (Lipinski definition) is 2. The van der Waals surface area contributed by atoms with Gasteiger partial charge in [0.25, 0.3) is 0 Å². The number of hydrogen-bond donors (Lipinski definition) is 1. The number of amides is 1. The van der Waals surface area contributed by atoms with Crippen molar-refractivity contribution in [2.45, 2.75) is 26.8 Å². The molecule has 23 heavy (non-hydrogen) atoms. The Balaban J connectivity index is 1.86. The van der Waals surface area contributed by atoms with Crippen molar-refractivity contribution in [2.75, 3.05) is 18.4 Å². The zero-order chi connectivity index (χ0) is 16.7. The van der Waals surface area contributed by atoms with E-state index in [1.807, 2.05) is 67.3 Å². The first-order chi connectivity index (χ1) is 11.1. The second kappa shape index (κ2) is 8.59. The molecule has 0 bridgehead atoms. The van der Waals surface area contributed by atoms with Crippen molar-refractivity contribution < 1.29 is 4.79 Å². The average molecular weight is 331 g/mol. The van der Waals surface area contributed by atoms with Crippen molar-refractivity contribution >= 4 is 23.2 Å². The first-order valence-electron chi connectivity index (χ1n) is 7.92. The van der Waals surface area contributed by atoms with Crippen molar-refractivity contribution in [3.8, 4) is 0 Å². The largest absolute Gasteiger partial charge is 0.384 e. The van der Waals surface area contributed by atoms with Crippen LogP contribution >= 0.6 is 11.6 Å². The molecule has 0 saturated carbocycles. The van der Waals surface area contributed by atoms with Crippen LogP contribution in [-0.4, -0.2) is 23.9 Å². The van der Waals surface area contributed by atoms with Crippen LogP contribution in [0.5, 0.6) is 0 Å². The van der Waals surface area contributed by atoms with Crippen LogP contribution in [0.1, 0.15) is 24.5 Å². The number of nitrogens with zero attached hydrogens (tertiary/aromatic N) is 1. The molecule has 2 rings (SSSR count). The molecule has 0 aliphatic heterocycles. The summed E-state index contributed by atoms with van der Waals surface area (Å²) in [5.74, 6) is 0.156. The van der Waals surface area contributed by atoms with Gasteiger partial charge in [0.1, 0.15) is 0 Å². The second-order valence-corrected chi connectivity index (χ2v) is 5.97. The van der Waals surface area contributed by atoms with Crippen molar-refractivity contribution in [3.63, 3.8) is 0 Å². The van der Waals surface area contributed by atoms with Crippen LogP contribution in [0.25, 0.3) is 0 Å². The SMILES string of the molecule is CCN(Cc1ccccc1)C(=O)CCNc1cc(Cl)ccc1C. The molecule has 2 aromatic carbocycles. The molecule has 0 radical (unpaired) electrons. The number of benzene rings is 2. The van der Waals surface area contributed by atoms with E-state index in [0.29, 0.717) is 31.1 Å². The predicted octanol–water partition coefficient (Wildman–Crippen LogP) is 4.50. The first kappa shape index (κ1) is 17.4. The summed E-state index contributed by atoms with van der Waals surface area (Å²) < 4.78 is 0. The third-order valence-electron chi connectivity index (χ3n) is 3.80. The third kappa shape index (κ3) is 5.29. The summed E-state index contributed by atoms with van der Waals surface area (Å²) in [6.45, 7) is 6.01. The number of carbonyl (C=O) groups is 1. The van der Waals surface area contributed by atoms with Gasteiger partial charge >= 0.3 is 0 Å². The maximum absolute atomic E-state index is 12.4. The fourth-order valence-electron chi connectivity index (χ4n) is 2.43. The van der Waals surface area contributed by atoms with Crippen LogP contribution < -0.4 is 5.32 Å². The molecular formula is C19H23ClN2O. The molecule has 0 atom stereocenters. The van der Waals surface area contributed by atoms with Crippen LogP contribution in [0.15, 0.2) is 48.5 Å². The van der Waals surface area contributed by atoms with Crippen LogP contribution in [0.2, 0.25) is 5.02 Å². The molecule has 122 valence electrons. The fraction of sp³-hybridized carbons (Fsp3) is 0.316. The highest BCUT2D eigenvalue weighted by Crippen LogP contribution is 2.20. The number of nitrogens with one attached hydrogen (secondary N) is 1. The zero-order valence-electron chi connectivity index (χ0n) is 13.7. The lowest BCUT2D eigenvalue weighted by Crippen LogP contribution is -2.31. The first-order valence-corrected chi connectivity index (χ1v) is 8.29. The summed E-state index contributed by atoms with van der Waals surface area (Å²) in [4.78, 5) is 14.3. The average Bonchev–Trinajstić information content (AvgIpc) is 2.56. The predicted molar refractivity (Wildman–Crippen MR) is 96.8 cm³/mol. The van der Waals surface area contributed by atoms with Crippen LogP contribution in [0.4, 0.5) is 5.69 Å². The molecule has 0 spiro atoms. The quantitative estimate of drug-likeness (QED) is 0.810. The lowest BCUT2D eigenvalue weighted by molar-refractivity contribution is -0.131. The molecule has 4 heteroatoms. The molecule has 3 nitrogen and oxygen atoms in total. The summed E-state index contributed by atoms with van der Waals surface area (Å²) in [7, 11) is 0. The molecule has 2 aromatic rings. The van der Waals surface area contributed by atoms with Gasteiger partial charge in [-0.3, -0.25) is 4.79 Å². The standard InChI is InChI=1S/C19H23ClN2O/c1-3-22(14-16-7-5-4-6-8-16)19(23)11-12-21-18-13-17(20)10-9-15(18)2/h4-10,13,21H,3,11-12,14H2,1-2H3. The highest BCUT2D eigenvalue weighted by atomic mass is 35.5. The maximum atomic E-state index is 12.4. The van der Waals surface area contributed by atoms with E-state index in [2.05, 4.69) is 5.32 Å². The Hall–Kier alpha value is -2.00. The number of anilines is 1. The summed E-state index contributed by atoms with van der Waals surface area (Å²) in [6, 6.07) is 15.8. The van der Waals surface area contributed by atoms with E-state index in [1.54, 1.807) is 0 Å². The molecule has 0 aliphatic carbocycles. The van der Waals surface area contributed by atoms with Gasteiger partial charge in [0.05, 0.1) is 0 Å². The molecular weight excluding hydrogens is 308 g/mol. The van der Waals surface area contributed by atoms with Crippen LogP contribution in [-0.2, 0) is 11.3 Å². The zero-order valence-corrected chi connectivity index (χ0v) is 14.4. The van der Waals surface area contributed by atoms with Gasteiger partial charge in [-0.2, -0.15) is 0 Å². The van der Waals surface area contributed by atoms with E-state index in [9.17, 15) is 4.79 Å². The van der Waals surface area contributed by atoms with Gasteiger partial charge in [-0.1, -0.05) is 48.0 Å². The van der Waals surface area contributed by atoms with E-state index in [1.165, 1.54) is 0 Å². The Morgan fingerprint density at radius 2 is 1.91 bits per heavy atom. The Morgan fingerprint density at radius 1 is 1.17 bits per heavy atom. The molecule has 1 N–H and O–H groups in total. The summed E-state index contributed by atoms with van der Waals surface area (Å²) in [5, 5.41) is 3.99.